The Balaban J connectivity index is 1.78. The van der Waals surface area contributed by atoms with Crippen LogP contribution in [0.25, 0.3) is 0 Å². The van der Waals surface area contributed by atoms with E-state index < -0.39 is 11.9 Å². The fraction of sp³-hybridized carbons (Fsp3) is 0.0476. The second-order valence-corrected chi connectivity index (χ2v) is 6.77. The maximum absolute atomic E-state index is 12.5. The molecule has 0 aliphatic rings. The highest BCUT2D eigenvalue weighted by molar-refractivity contribution is 6.37. The van der Waals surface area contributed by atoms with E-state index in [-0.39, 0.29) is 21.2 Å². The van der Waals surface area contributed by atoms with Crippen molar-refractivity contribution >= 4 is 40.8 Å². The molecule has 3 aromatic carbocycles. The van der Waals surface area contributed by atoms with Gasteiger partial charge in [0.25, 0.3) is 5.91 Å². The van der Waals surface area contributed by atoms with Crippen LogP contribution >= 0.6 is 23.2 Å². The molecule has 0 aromatic heterocycles. The minimum Gasteiger partial charge on any atom is -0.478 e. The Bertz CT molecular complexity index is 986. The third-order valence-electron chi connectivity index (χ3n) is 3.98. The van der Waals surface area contributed by atoms with Gasteiger partial charge in [-0.3, -0.25) is 4.79 Å². The summed E-state index contributed by atoms with van der Waals surface area (Å²) in [5, 5.41) is 12.1. The van der Waals surface area contributed by atoms with Crippen molar-refractivity contribution in [1.82, 2.24) is 0 Å². The van der Waals surface area contributed by atoms with E-state index in [0.717, 1.165) is 12.0 Å². The molecule has 0 saturated carbocycles. The lowest BCUT2D eigenvalue weighted by molar-refractivity contribution is 0.0692. The van der Waals surface area contributed by atoms with Gasteiger partial charge >= 0.3 is 5.97 Å². The average Bonchev–Trinajstić information content (AvgIpc) is 2.63. The van der Waals surface area contributed by atoms with Gasteiger partial charge in [0.2, 0.25) is 0 Å². The molecule has 0 bridgehead atoms. The summed E-state index contributed by atoms with van der Waals surface area (Å²) in [6.07, 6.45) is 0.780. The topological polar surface area (TPSA) is 66.4 Å². The van der Waals surface area contributed by atoms with Crippen molar-refractivity contribution < 1.29 is 14.7 Å². The Morgan fingerprint density at radius 1 is 0.889 bits per heavy atom. The van der Waals surface area contributed by atoms with Gasteiger partial charge < -0.3 is 10.4 Å². The molecule has 4 nitrogen and oxygen atoms in total. The van der Waals surface area contributed by atoms with Crippen LogP contribution in [-0.2, 0) is 6.42 Å². The highest BCUT2D eigenvalue weighted by Gasteiger charge is 2.21. The third kappa shape index (κ3) is 4.67. The van der Waals surface area contributed by atoms with Crippen LogP contribution in [0.3, 0.4) is 0 Å². The van der Waals surface area contributed by atoms with Gasteiger partial charge in [0, 0.05) is 10.7 Å². The maximum atomic E-state index is 12.5. The van der Waals surface area contributed by atoms with Crippen molar-refractivity contribution in [1.29, 1.82) is 0 Å². The van der Waals surface area contributed by atoms with Crippen molar-refractivity contribution in [3.8, 4) is 0 Å². The fourth-order valence-corrected chi connectivity index (χ4v) is 3.28. The Kier molecular flexibility index (Phi) is 5.79. The van der Waals surface area contributed by atoms with Crippen molar-refractivity contribution in [3.63, 3.8) is 0 Å². The molecule has 27 heavy (non-hydrogen) atoms. The molecule has 136 valence electrons. The fourth-order valence-electron chi connectivity index (χ4n) is 2.71. The Labute approximate surface area is 166 Å². The van der Waals surface area contributed by atoms with Gasteiger partial charge in [-0.1, -0.05) is 65.7 Å². The average molecular weight is 400 g/mol. The summed E-state index contributed by atoms with van der Waals surface area (Å²) >= 11 is 11.8. The first-order valence-electron chi connectivity index (χ1n) is 8.10. The smallest absolute Gasteiger partial charge is 0.338 e. The van der Waals surface area contributed by atoms with Crippen LogP contribution in [0.4, 0.5) is 5.69 Å². The molecular formula is C21H15Cl2NO3. The summed E-state index contributed by atoms with van der Waals surface area (Å²) in [4.78, 5) is 23.9. The number of carbonyl (C=O) groups is 2. The van der Waals surface area contributed by atoms with Crippen molar-refractivity contribution in [2.75, 3.05) is 5.32 Å². The van der Waals surface area contributed by atoms with E-state index in [4.69, 9.17) is 23.2 Å². The van der Waals surface area contributed by atoms with Gasteiger partial charge in [-0.2, -0.15) is 0 Å². The first kappa shape index (κ1) is 19.0. The molecule has 0 fully saturated rings. The lowest BCUT2D eigenvalue weighted by Crippen LogP contribution is -2.17. The lowest BCUT2D eigenvalue weighted by atomic mass is 10.0. The van der Waals surface area contributed by atoms with Gasteiger partial charge in [0.15, 0.2) is 0 Å². The summed E-state index contributed by atoms with van der Waals surface area (Å²) in [6, 6.07) is 20.0. The molecule has 3 rings (SSSR count). The van der Waals surface area contributed by atoms with Crippen LogP contribution in [0.15, 0.2) is 66.7 Å². The summed E-state index contributed by atoms with van der Waals surface area (Å²) in [7, 11) is 0. The van der Waals surface area contributed by atoms with Crippen molar-refractivity contribution in [3.05, 3.63) is 99.0 Å². The number of halogens is 2. The minimum absolute atomic E-state index is 0.0849. The van der Waals surface area contributed by atoms with Crippen LogP contribution in [0.1, 0.15) is 31.8 Å². The normalized spacial score (nSPS) is 10.4. The molecule has 1 amide bonds. The molecule has 6 heteroatoms. The molecule has 2 N–H and O–H groups in total. The zero-order valence-electron chi connectivity index (χ0n) is 14.1. The van der Waals surface area contributed by atoms with Gasteiger partial charge in [-0.05, 0) is 41.8 Å². The summed E-state index contributed by atoms with van der Waals surface area (Å²) in [5.74, 6) is -1.88. The van der Waals surface area contributed by atoms with Crippen LogP contribution in [0.5, 0.6) is 0 Å². The van der Waals surface area contributed by atoms with Crippen LogP contribution in [0, 0.1) is 0 Å². The highest BCUT2D eigenvalue weighted by atomic mass is 35.5. The van der Waals surface area contributed by atoms with Crippen LogP contribution < -0.4 is 5.32 Å². The molecule has 0 radical (unpaired) electrons. The number of anilines is 1. The van der Waals surface area contributed by atoms with E-state index >= 15 is 0 Å². The van der Waals surface area contributed by atoms with Gasteiger partial charge in [-0.25, -0.2) is 4.79 Å². The number of hydrogen-bond acceptors (Lipinski definition) is 2. The number of amides is 1. The van der Waals surface area contributed by atoms with Crippen molar-refractivity contribution in [2.45, 2.75) is 6.42 Å². The molecule has 0 saturated heterocycles. The van der Waals surface area contributed by atoms with E-state index in [2.05, 4.69) is 5.32 Å². The van der Waals surface area contributed by atoms with E-state index in [9.17, 15) is 14.7 Å². The number of carboxylic acids is 1. The Hall–Kier alpha value is -2.82. The maximum Gasteiger partial charge on any atom is 0.338 e. The number of rotatable bonds is 5. The largest absolute Gasteiger partial charge is 0.478 e. The summed E-state index contributed by atoms with van der Waals surface area (Å²) in [5.41, 5.74) is 2.46. The van der Waals surface area contributed by atoms with Crippen LogP contribution in [0.2, 0.25) is 10.0 Å². The molecule has 0 aliphatic heterocycles. The Morgan fingerprint density at radius 2 is 1.52 bits per heavy atom. The first-order valence-corrected chi connectivity index (χ1v) is 8.86. The van der Waals surface area contributed by atoms with Crippen molar-refractivity contribution in [2.24, 2.45) is 0 Å². The summed E-state index contributed by atoms with van der Waals surface area (Å²) in [6.45, 7) is 0. The number of benzene rings is 3. The third-order valence-corrected chi connectivity index (χ3v) is 4.49. The second-order valence-electron chi connectivity index (χ2n) is 5.93. The number of carbonyl (C=O) groups excluding carboxylic acids is 1. The second kappa shape index (κ2) is 8.25. The minimum atomic E-state index is -1.29. The van der Waals surface area contributed by atoms with E-state index in [0.29, 0.717) is 5.69 Å². The molecule has 0 aliphatic carbocycles. The monoisotopic (exact) mass is 399 g/mol. The van der Waals surface area contributed by atoms with Gasteiger partial charge in [-0.15, -0.1) is 0 Å². The highest BCUT2D eigenvalue weighted by Crippen LogP contribution is 2.26. The number of hydrogen-bond donors (Lipinski definition) is 2. The van der Waals surface area contributed by atoms with Gasteiger partial charge in [0.1, 0.15) is 0 Å². The van der Waals surface area contributed by atoms with Crippen LogP contribution in [-0.4, -0.2) is 17.0 Å². The molecular weight excluding hydrogens is 385 g/mol. The number of nitrogens with one attached hydrogen (secondary N) is 1. The zero-order chi connectivity index (χ0) is 19.4. The molecule has 3 aromatic rings. The molecule has 0 atom stereocenters. The van der Waals surface area contributed by atoms with E-state index in [1.54, 1.807) is 12.1 Å². The predicted molar refractivity (Wildman–Crippen MR) is 107 cm³/mol. The molecule has 0 spiro atoms. The zero-order valence-corrected chi connectivity index (χ0v) is 15.6. The summed E-state index contributed by atoms with van der Waals surface area (Å²) < 4.78 is 0. The first-order chi connectivity index (χ1) is 12.9. The van der Waals surface area contributed by atoms with Gasteiger partial charge in [0.05, 0.1) is 16.1 Å². The number of carboxylic acid groups (broad SMARTS) is 1. The quantitative estimate of drug-likeness (QED) is 0.592. The SMILES string of the molecule is O=C(Nc1ccc(Cc2ccccc2)cc1)c1cc(Cl)cc(Cl)c1C(=O)O. The number of aromatic carboxylic acids is 1. The van der Waals surface area contributed by atoms with E-state index in [1.165, 1.54) is 17.7 Å². The molecule has 0 unspecified atom stereocenters. The predicted octanol–water partition coefficient (Wildman–Crippen LogP) is 5.53. The van der Waals surface area contributed by atoms with E-state index in [1.807, 2.05) is 42.5 Å². The Morgan fingerprint density at radius 3 is 2.15 bits per heavy atom. The lowest BCUT2D eigenvalue weighted by Gasteiger charge is -2.10. The molecule has 0 heterocycles. The standard InChI is InChI=1S/C21H15Cl2NO3/c22-15-11-17(19(21(26)27)18(23)12-15)20(25)24-16-8-6-14(7-9-16)10-13-4-2-1-3-5-13/h1-9,11-12H,10H2,(H,24,25)(H,26,27).